The first-order valence-corrected chi connectivity index (χ1v) is 9.77. The molecule has 3 aliphatic heterocycles. The lowest BCUT2D eigenvalue weighted by Crippen LogP contribution is -2.46. The average Bonchev–Trinajstić information content (AvgIpc) is 3.36. The highest BCUT2D eigenvalue weighted by atomic mass is 15.4. The molecule has 4 N–H and O–H groups in total. The zero-order valence-electron chi connectivity index (χ0n) is 14.9. The number of nitrogens with one attached hydrogen (secondary N) is 4. The molecule has 5 rings (SSSR count). The van der Waals surface area contributed by atoms with Crippen LogP contribution in [0.2, 0.25) is 0 Å². The molecule has 3 fully saturated rings. The molecular formula is C19H27N7. The van der Waals surface area contributed by atoms with E-state index in [9.17, 15) is 0 Å². The van der Waals surface area contributed by atoms with Crippen LogP contribution in [-0.2, 0) is 0 Å². The van der Waals surface area contributed by atoms with E-state index < -0.39 is 0 Å². The van der Waals surface area contributed by atoms with Gasteiger partial charge in [0.2, 0.25) is 0 Å². The predicted octanol–water partition coefficient (Wildman–Crippen LogP) is 1.07. The summed E-state index contributed by atoms with van der Waals surface area (Å²) < 4.78 is 2.19. The average molecular weight is 353 g/mol. The number of hydrogen-bond donors (Lipinski definition) is 4. The second-order valence-electron chi connectivity index (χ2n) is 7.75. The smallest absolute Gasteiger partial charge is 0.0543 e. The maximum atomic E-state index is 4.69. The van der Waals surface area contributed by atoms with Crippen molar-refractivity contribution in [3.63, 3.8) is 0 Å². The molecule has 138 valence electrons. The Hall–Kier alpha value is -1.80. The Morgan fingerprint density at radius 3 is 2.85 bits per heavy atom. The van der Waals surface area contributed by atoms with Crippen LogP contribution in [0.15, 0.2) is 36.9 Å². The lowest BCUT2D eigenvalue weighted by molar-refractivity contribution is 0.266. The van der Waals surface area contributed by atoms with Gasteiger partial charge in [-0.15, -0.1) is 0 Å². The number of piperidine rings is 2. The highest BCUT2D eigenvalue weighted by Gasteiger charge is 2.41. The third-order valence-corrected chi connectivity index (χ3v) is 6.21. The van der Waals surface area contributed by atoms with E-state index in [2.05, 4.69) is 49.6 Å². The standard InChI is InChI=1S/C19H27N7/c1-2-13(9-21-5-1)17-8-16-18(11-22-17)24-25-19(16)14-10-23-26(12-14)15-3-6-20-7-4-15/h1-2,5,9-10,12,15-20,22,24-25H,3-4,6-8,11H2. The molecule has 0 radical (unpaired) electrons. The fourth-order valence-corrected chi connectivity index (χ4v) is 4.72. The molecule has 0 aromatic carbocycles. The molecule has 0 bridgehead atoms. The number of aromatic nitrogens is 3. The number of hydrogen-bond acceptors (Lipinski definition) is 6. The molecule has 0 spiro atoms. The van der Waals surface area contributed by atoms with E-state index in [4.69, 9.17) is 5.10 Å². The first-order chi connectivity index (χ1) is 12.9. The maximum absolute atomic E-state index is 4.69. The first-order valence-electron chi connectivity index (χ1n) is 9.77. The fraction of sp³-hybridized carbons (Fsp3) is 0.579. The Morgan fingerprint density at radius 2 is 2.00 bits per heavy atom. The van der Waals surface area contributed by atoms with Crippen LogP contribution in [0.3, 0.4) is 0 Å². The van der Waals surface area contributed by atoms with Crippen LogP contribution in [-0.4, -0.2) is 40.4 Å². The Morgan fingerprint density at radius 1 is 1.08 bits per heavy atom. The summed E-state index contributed by atoms with van der Waals surface area (Å²) >= 11 is 0. The summed E-state index contributed by atoms with van der Waals surface area (Å²) in [6, 6.07) is 5.87. The Labute approximate surface area is 153 Å². The molecule has 4 atom stereocenters. The summed E-state index contributed by atoms with van der Waals surface area (Å²) in [5, 5.41) is 11.8. The molecule has 7 nitrogen and oxygen atoms in total. The van der Waals surface area contributed by atoms with Crippen LogP contribution in [0, 0.1) is 5.92 Å². The number of fused-ring (bicyclic) bond motifs is 1. The maximum Gasteiger partial charge on any atom is 0.0543 e. The van der Waals surface area contributed by atoms with Crippen molar-refractivity contribution in [3.8, 4) is 0 Å². The van der Waals surface area contributed by atoms with Crippen LogP contribution in [0.1, 0.15) is 48.5 Å². The SMILES string of the molecule is c1cncc(C2CC3C(CN2)NNC3c2cnn(C3CCNCC3)c2)c1. The van der Waals surface area contributed by atoms with Crippen molar-refractivity contribution >= 4 is 0 Å². The quantitative estimate of drug-likeness (QED) is 0.661. The van der Waals surface area contributed by atoms with Gasteiger partial charge < -0.3 is 10.6 Å². The lowest BCUT2D eigenvalue weighted by Gasteiger charge is -2.34. The lowest BCUT2D eigenvalue weighted by atomic mass is 9.81. The molecule has 7 heteroatoms. The van der Waals surface area contributed by atoms with Gasteiger partial charge in [-0.3, -0.25) is 15.1 Å². The topological polar surface area (TPSA) is 78.8 Å². The first kappa shape index (κ1) is 16.4. The van der Waals surface area contributed by atoms with Crippen molar-refractivity contribution in [2.24, 2.45) is 5.92 Å². The number of rotatable bonds is 3. The summed E-state index contributed by atoms with van der Waals surface area (Å²) in [4.78, 5) is 4.29. The van der Waals surface area contributed by atoms with Gasteiger partial charge in [-0.05, 0) is 49.9 Å². The van der Waals surface area contributed by atoms with Crippen LogP contribution in [0.25, 0.3) is 0 Å². The van der Waals surface area contributed by atoms with Crippen molar-refractivity contribution in [1.29, 1.82) is 0 Å². The Balaban J connectivity index is 1.33. The van der Waals surface area contributed by atoms with Gasteiger partial charge in [0.15, 0.2) is 0 Å². The number of hydrazine groups is 1. The van der Waals surface area contributed by atoms with Gasteiger partial charge in [0, 0.05) is 42.8 Å². The van der Waals surface area contributed by atoms with Gasteiger partial charge in [-0.25, -0.2) is 5.43 Å². The molecule has 4 unspecified atom stereocenters. The van der Waals surface area contributed by atoms with E-state index in [-0.39, 0.29) is 0 Å². The molecule has 26 heavy (non-hydrogen) atoms. The summed E-state index contributed by atoms with van der Waals surface area (Å²) in [6.07, 6.45) is 11.6. The highest BCUT2D eigenvalue weighted by molar-refractivity contribution is 5.20. The van der Waals surface area contributed by atoms with Gasteiger partial charge in [0.25, 0.3) is 0 Å². The van der Waals surface area contributed by atoms with E-state index in [1.165, 1.54) is 11.1 Å². The van der Waals surface area contributed by atoms with E-state index >= 15 is 0 Å². The normalized spacial score (nSPS) is 32.5. The molecule has 3 saturated heterocycles. The van der Waals surface area contributed by atoms with E-state index in [0.29, 0.717) is 30.1 Å². The molecule has 0 saturated carbocycles. The Bertz CT molecular complexity index is 724. The Kier molecular flexibility index (Phi) is 4.46. The second-order valence-corrected chi connectivity index (χ2v) is 7.75. The fourth-order valence-electron chi connectivity index (χ4n) is 4.72. The van der Waals surface area contributed by atoms with Gasteiger partial charge >= 0.3 is 0 Å². The summed E-state index contributed by atoms with van der Waals surface area (Å²) in [5.41, 5.74) is 9.61. The van der Waals surface area contributed by atoms with E-state index in [1.807, 2.05) is 18.5 Å². The van der Waals surface area contributed by atoms with Crippen molar-refractivity contribution in [2.45, 2.75) is 43.4 Å². The third-order valence-electron chi connectivity index (χ3n) is 6.21. The molecule has 0 aliphatic carbocycles. The zero-order chi connectivity index (χ0) is 17.3. The molecule has 0 amide bonds. The minimum Gasteiger partial charge on any atom is -0.317 e. The van der Waals surface area contributed by atoms with Crippen molar-refractivity contribution in [2.75, 3.05) is 19.6 Å². The van der Waals surface area contributed by atoms with Crippen molar-refractivity contribution in [1.82, 2.24) is 36.2 Å². The van der Waals surface area contributed by atoms with Gasteiger partial charge in [-0.2, -0.15) is 5.10 Å². The van der Waals surface area contributed by atoms with E-state index in [1.54, 1.807) is 0 Å². The van der Waals surface area contributed by atoms with Crippen molar-refractivity contribution in [3.05, 3.63) is 48.0 Å². The third kappa shape index (κ3) is 3.05. The summed E-state index contributed by atoms with van der Waals surface area (Å²) in [6.45, 7) is 3.15. The van der Waals surface area contributed by atoms with Gasteiger partial charge in [0.05, 0.1) is 18.3 Å². The zero-order valence-corrected chi connectivity index (χ0v) is 14.9. The van der Waals surface area contributed by atoms with Crippen LogP contribution >= 0.6 is 0 Å². The molecular weight excluding hydrogens is 326 g/mol. The van der Waals surface area contributed by atoms with Crippen LogP contribution in [0.5, 0.6) is 0 Å². The van der Waals surface area contributed by atoms with Crippen LogP contribution in [0.4, 0.5) is 0 Å². The molecule has 2 aromatic heterocycles. The minimum atomic E-state index is 0.316. The number of pyridine rings is 1. The molecule has 3 aliphatic rings. The second kappa shape index (κ2) is 7.08. The molecule has 5 heterocycles. The predicted molar refractivity (Wildman–Crippen MR) is 99.3 cm³/mol. The minimum absolute atomic E-state index is 0.316. The monoisotopic (exact) mass is 353 g/mol. The van der Waals surface area contributed by atoms with Crippen LogP contribution < -0.4 is 21.5 Å². The largest absolute Gasteiger partial charge is 0.317 e. The van der Waals surface area contributed by atoms with Crippen molar-refractivity contribution < 1.29 is 0 Å². The molecule has 2 aromatic rings. The van der Waals surface area contributed by atoms with Gasteiger partial charge in [-0.1, -0.05) is 6.07 Å². The summed E-state index contributed by atoms with van der Waals surface area (Å²) in [7, 11) is 0. The number of nitrogens with zero attached hydrogens (tertiary/aromatic N) is 3. The van der Waals surface area contributed by atoms with E-state index in [0.717, 1.165) is 38.9 Å². The van der Waals surface area contributed by atoms with Gasteiger partial charge in [0.1, 0.15) is 0 Å². The summed E-state index contributed by atoms with van der Waals surface area (Å²) in [5.74, 6) is 0.548. The highest BCUT2D eigenvalue weighted by Crippen LogP contribution is 2.38.